The largest absolute Gasteiger partial charge is 0.324 e. The molecular weight excluding hydrogens is 306 g/mol. The average Bonchev–Trinajstić information content (AvgIpc) is 3.21. The lowest BCUT2D eigenvalue weighted by atomic mass is 9.84. The van der Waals surface area contributed by atoms with Crippen LogP contribution in [0, 0.1) is 5.41 Å². The lowest BCUT2D eigenvalue weighted by Gasteiger charge is -2.28. The molecule has 1 aromatic rings. The van der Waals surface area contributed by atoms with E-state index in [4.69, 9.17) is 0 Å². The Kier molecular flexibility index (Phi) is 5.26. The van der Waals surface area contributed by atoms with Crippen molar-refractivity contribution in [1.82, 2.24) is 14.5 Å². The van der Waals surface area contributed by atoms with E-state index in [1.807, 2.05) is 20.8 Å². The van der Waals surface area contributed by atoms with E-state index < -0.39 is 23.1 Å². The smallest absolute Gasteiger partial charge is 0.291 e. The summed E-state index contributed by atoms with van der Waals surface area (Å²) in [7, 11) is 0. The van der Waals surface area contributed by atoms with Crippen LogP contribution in [0.15, 0.2) is 12.4 Å². The number of Topliss-reactive ketones (excluding diaryl/α,β-unsaturated/α-hetero) is 1. The minimum Gasteiger partial charge on any atom is -0.324 e. The number of carbonyl (C=O) groups is 3. The number of ketones is 1. The second kappa shape index (κ2) is 6.87. The van der Waals surface area contributed by atoms with E-state index >= 15 is 0 Å². The van der Waals surface area contributed by atoms with Crippen molar-refractivity contribution in [1.29, 1.82) is 0 Å². The molecule has 6 heteroatoms. The van der Waals surface area contributed by atoms with Crippen molar-refractivity contribution in [3.63, 3.8) is 0 Å². The highest BCUT2D eigenvalue weighted by atomic mass is 16.2. The van der Waals surface area contributed by atoms with E-state index in [2.05, 4.69) is 4.98 Å². The summed E-state index contributed by atoms with van der Waals surface area (Å²) < 4.78 is 1.52. The molecule has 0 saturated carbocycles. The molecule has 1 aliphatic rings. The molecule has 1 unspecified atom stereocenters. The van der Waals surface area contributed by atoms with Crippen LogP contribution in [0.5, 0.6) is 0 Å². The van der Waals surface area contributed by atoms with E-state index in [0.717, 1.165) is 6.42 Å². The van der Waals surface area contributed by atoms with Crippen LogP contribution in [0.25, 0.3) is 0 Å². The van der Waals surface area contributed by atoms with Crippen molar-refractivity contribution in [2.24, 2.45) is 5.41 Å². The van der Waals surface area contributed by atoms with Gasteiger partial charge in [0.15, 0.2) is 0 Å². The Morgan fingerprint density at radius 1 is 1.33 bits per heavy atom. The molecule has 1 amide bonds. The first-order valence-corrected chi connectivity index (χ1v) is 8.63. The van der Waals surface area contributed by atoms with Crippen LogP contribution in [0.2, 0.25) is 0 Å². The summed E-state index contributed by atoms with van der Waals surface area (Å²) >= 11 is 0. The van der Waals surface area contributed by atoms with E-state index in [0.29, 0.717) is 25.2 Å². The first kappa shape index (κ1) is 18.4. The zero-order chi connectivity index (χ0) is 18.1. The molecular formula is C18H27N3O3. The number of carbonyl (C=O) groups excluding carboxylic acids is 3. The van der Waals surface area contributed by atoms with Gasteiger partial charge in [-0.3, -0.25) is 19.0 Å². The lowest BCUT2D eigenvalue weighted by molar-refractivity contribution is -0.149. The second-order valence-electron chi connectivity index (χ2n) is 7.37. The molecule has 1 atom stereocenters. The van der Waals surface area contributed by atoms with Crippen LogP contribution >= 0.6 is 0 Å². The first-order valence-electron chi connectivity index (χ1n) is 8.63. The fourth-order valence-corrected chi connectivity index (χ4v) is 2.94. The van der Waals surface area contributed by atoms with Gasteiger partial charge in [-0.15, -0.1) is 0 Å². The van der Waals surface area contributed by atoms with Crippen LogP contribution in [0.3, 0.4) is 0 Å². The Morgan fingerprint density at radius 3 is 2.58 bits per heavy atom. The van der Waals surface area contributed by atoms with Gasteiger partial charge >= 0.3 is 0 Å². The third-order valence-corrected chi connectivity index (χ3v) is 4.91. The van der Waals surface area contributed by atoms with Crippen LogP contribution in [-0.4, -0.2) is 44.6 Å². The third-order valence-electron chi connectivity index (χ3n) is 4.91. The minimum atomic E-state index is -0.703. The first-order chi connectivity index (χ1) is 11.2. The van der Waals surface area contributed by atoms with Crippen molar-refractivity contribution >= 4 is 17.6 Å². The van der Waals surface area contributed by atoms with Crippen LogP contribution < -0.4 is 0 Å². The monoisotopic (exact) mass is 333 g/mol. The topological polar surface area (TPSA) is 72.3 Å². The average molecular weight is 333 g/mol. The molecule has 2 rings (SSSR count). The molecule has 0 aromatic carbocycles. The molecule has 1 saturated heterocycles. The molecule has 6 nitrogen and oxygen atoms in total. The van der Waals surface area contributed by atoms with E-state index in [9.17, 15) is 14.4 Å². The van der Waals surface area contributed by atoms with Crippen molar-refractivity contribution in [3.8, 4) is 0 Å². The summed E-state index contributed by atoms with van der Waals surface area (Å²) in [6, 6.07) is -0.583. The van der Waals surface area contributed by atoms with Gasteiger partial charge in [-0.05, 0) is 19.3 Å². The zero-order valence-corrected chi connectivity index (χ0v) is 15.2. The van der Waals surface area contributed by atoms with Crippen LogP contribution in [0.1, 0.15) is 70.4 Å². The number of hydrogen-bond donors (Lipinski definition) is 0. The van der Waals surface area contributed by atoms with Gasteiger partial charge in [0.1, 0.15) is 11.9 Å². The molecule has 1 fully saturated rings. The molecule has 24 heavy (non-hydrogen) atoms. The highest BCUT2D eigenvalue weighted by molar-refractivity contribution is 6.38. The third kappa shape index (κ3) is 3.28. The van der Waals surface area contributed by atoms with Crippen LogP contribution in [-0.2, 0) is 9.59 Å². The van der Waals surface area contributed by atoms with Crippen molar-refractivity contribution in [2.45, 2.75) is 65.8 Å². The Morgan fingerprint density at radius 2 is 2.00 bits per heavy atom. The highest BCUT2D eigenvalue weighted by Crippen LogP contribution is 2.26. The number of hydrogen-bond acceptors (Lipinski definition) is 4. The molecule has 0 N–H and O–H groups in total. The zero-order valence-electron chi connectivity index (χ0n) is 15.2. The predicted molar refractivity (Wildman–Crippen MR) is 90.8 cm³/mol. The predicted octanol–water partition coefficient (Wildman–Crippen LogP) is 2.64. The number of aromatic nitrogens is 2. The fraction of sp³-hybridized carbons (Fsp3) is 0.667. The van der Waals surface area contributed by atoms with E-state index in [1.54, 1.807) is 26.2 Å². The van der Waals surface area contributed by atoms with E-state index in [1.165, 1.54) is 9.47 Å². The summed E-state index contributed by atoms with van der Waals surface area (Å²) in [6.07, 6.45) is 5.13. The summed E-state index contributed by atoms with van der Waals surface area (Å²) in [5, 5.41) is 0. The van der Waals surface area contributed by atoms with Gasteiger partial charge < -0.3 is 4.90 Å². The van der Waals surface area contributed by atoms with Gasteiger partial charge in [-0.25, -0.2) is 4.98 Å². The Bertz CT molecular complexity index is 646. The van der Waals surface area contributed by atoms with Gasteiger partial charge in [-0.1, -0.05) is 34.6 Å². The Labute approximate surface area is 143 Å². The SMILES string of the molecule is CCC(C)(C)C(=O)C(=O)N1CCCC1C(=O)n1ccnc1C(C)C. The normalized spacial score (nSPS) is 18.2. The van der Waals surface area contributed by atoms with Gasteiger partial charge in [0.25, 0.3) is 11.8 Å². The van der Waals surface area contributed by atoms with Gasteiger partial charge in [0.2, 0.25) is 5.78 Å². The molecule has 132 valence electrons. The summed E-state index contributed by atoms with van der Waals surface area (Å²) in [4.78, 5) is 43.7. The standard InChI is InChI=1S/C18H27N3O3/c1-6-18(4,5)14(22)17(24)20-10-7-8-13(20)16(23)21-11-9-19-15(21)12(2)3/h9,11-13H,6-8,10H2,1-5H3. The Hall–Kier alpha value is -1.98. The lowest BCUT2D eigenvalue weighted by Crippen LogP contribution is -2.48. The molecule has 2 heterocycles. The molecule has 0 aliphatic carbocycles. The molecule has 0 bridgehead atoms. The maximum absolute atomic E-state index is 12.9. The summed E-state index contributed by atoms with van der Waals surface area (Å²) in [5.41, 5.74) is -0.703. The minimum absolute atomic E-state index is 0.107. The number of rotatable bonds is 5. The molecule has 0 spiro atoms. The highest BCUT2D eigenvalue weighted by Gasteiger charge is 2.41. The molecule has 1 aromatic heterocycles. The van der Waals surface area contributed by atoms with Crippen LogP contribution in [0.4, 0.5) is 0 Å². The van der Waals surface area contributed by atoms with Gasteiger partial charge in [-0.2, -0.15) is 0 Å². The van der Waals surface area contributed by atoms with Gasteiger partial charge in [0, 0.05) is 30.3 Å². The summed E-state index contributed by atoms with van der Waals surface area (Å²) in [6.45, 7) is 9.82. The maximum Gasteiger partial charge on any atom is 0.291 e. The van der Waals surface area contributed by atoms with Crippen molar-refractivity contribution in [2.75, 3.05) is 6.54 Å². The Balaban J connectivity index is 2.24. The second-order valence-corrected chi connectivity index (χ2v) is 7.37. The molecule has 0 radical (unpaired) electrons. The van der Waals surface area contributed by atoms with Crippen molar-refractivity contribution in [3.05, 3.63) is 18.2 Å². The summed E-state index contributed by atoms with van der Waals surface area (Å²) in [5.74, 6) is -0.345. The maximum atomic E-state index is 12.9. The van der Waals surface area contributed by atoms with E-state index in [-0.39, 0.29) is 11.8 Å². The van der Waals surface area contributed by atoms with Crippen molar-refractivity contribution < 1.29 is 14.4 Å². The quantitative estimate of drug-likeness (QED) is 0.777. The molecule has 1 aliphatic heterocycles. The van der Waals surface area contributed by atoms with Gasteiger partial charge in [0.05, 0.1) is 0 Å². The fourth-order valence-electron chi connectivity index (χ4n) is 2.94. The number of amides is 1. The number of nitrogens with zero attached hydrogens (tertiary/aromatic N) is 3. The number of imidazole rings is 1. The number of likely N-dealkylation sites (tertiary alicyclic amines) is 1.